The van der Waals surface area contributed by atoms with Crippen LogP contribution in [0.5, 0.6) is 0 Å². The van der Waals surface area contributed by atoms with E-state index in [9.17, 15) is 0 Å². The van der Waals surface area contributed by atoms with Crippen LogP contribution in [0.3, 0.4) is 0 Å². The minimum absolute atomic E-state index is 0.577. The van der Waals surface area contributed by atoms with Crippen LogP contribution in [0, 0.1) is 6.92 Å². The maximum Gasteiger partial charge on any atom is 0.148 e. The van der Waals surface area contributed by atoms with Gasteiger partial charge in [0.25, 0.3) is 0 Å². The van der Waals surface area contributed by atoms with Crippen molar-refractivity contribution in [2.75, 3.05) is 5.73 Å². The van der Waals surface area contributed by atoms with Gasteiger partial charge >= 0.3 is 0 Å². The second-order valence-corrected chi connectivity index (χ2v) is 4.31. The van der Waals surface area contributed by atoms with Crippen molar-refractivity contribution in [2.24, 2.45) is 7.05 Å². The summed E-state index contributed by atoms with van der Waals surface area (Å²) in [6, 6.07) is 0. The lowest BCUT2D eigenvalue weighted by Gasteiger charge is -2.02. The number of nitrogens with zero attached hydrogens (tertiary/aromatic N) is 4. The third kappa shape index (κ3) is 1.90. The summed E-state index contributed by atoms with van der Waals surface area (Å²) in [6.45, 7) is 2.60. The van der Waals surface area contributed by atoms with Gasteiger partial charge in [0.05, 0.1) is 22.9 Å². The first-order chi connectivity index (χ1) is 7.08. The molecule has 0 spiro atoms. The van der Waals surface area contributed by atoms with Crippen molar-refractivity contribution in [2.45, 2.75) is 13.5 Å². The third-order valence-corrected chi connectivity index (χ3v) is 2.97. The number of hydrogen-bond acceptors (Lipinski definition) is 3. The highest BCUT2D eigenvalue weighted by molar-refractivity contribution is 9.10. The minimum Gasteiger partial charge on any atom is -0.382 e. The van der Waals surface area contributed by atoms with E-state index in [4.69, 9.17) is 5.73 Å². The maximum atomic E-state index is 5.68. The van der Waals surface area contributed by atoms with Crippen molar-refractivity contribution in [1.29, 1.82) is 0 Å². The molecule has 2 aromatic heterocycles. The monoisotopic (exact) mass is 269 g/mol. The van der Waals surface area contributed by atoms with Gasteiger partial charge < -0.3 is 5.73 Å². The van der Waals surface area contributed by atoms with Crippen LogP contribution in [0.15, 0.2) is 16.9 Å². The van der Waals surface area contributed by atoms with Gasteiger partial charge in [-0.1, -0.05) is 0 Å². The average molecular weight is 270 g/mol. The van der Waals surface area contributed by atoms with E-state index < -0.39 is 0 Å². The number of anilines is 1. The van der Waals surface area contributed by atoms with Crippen LogP contribution in [0.25, 0.3) is 0 Å². The predicted octanol–water partition coefficient (Wildman–Crippen LogP) is 1.32. The number of nitrogens with two attached hydrogens (primary N) is 1. The molecule has 0 radical (unpaired) electrons. The molecule has 0 saturated heterocycles. The average Bonchev–Trinajstić information content (AvgIpc) is 2.64. The molecule has 0 unspecified atom stereocenters. The van der Waals surface area contributed by atoms with Crippen LogP contribution in [-0.4, -0.2) is 19.6 Å². The molecule has 2 N–H and O–H groups in total. The van der Waals surface area contributed by atoms with Gasteiger partial charge in [-0.2, -0.15) is 10.2 Å². The molecule has 0 aliphatic carbocycles. The van der Waals surface area contributed by atoms with Crippen LogP contribution >= 0.6 is 15.9 Å². The second-order valence-electron chi connectivity index (χ2n) is 3.46. The Morgan fingerprint density at radius 3 is 2.73 bits per heavy atom. The van der Waals surface area contributed by atoms with Crippen LogP contribution in [-0.2, 0) is 13.6 Å². The molecular weight excluding hydrogens is 258 g/mol. The molecule has 2 aromatic rings. The van der Waals surface area contributed by atoms with E-state index in [2.05, 4.69) is 26.1 Å². The summed E-state index contributed by atoms with van der Waals surface area (Å²) in [4.78, 5) is 0. The topological polar surface area (TPSA) is 61.7 Å². The van der Waals surface area contributed by atoms with Gasteiger partial charge in [0, 0.05) is 18.8 Å². The van der Waals surface area contributed by atoms with Crippen molar-refractivity contribution in [1.82, 2.24) is 19.6 Å². The summed E-state index contributed by atoms with van der Waals surface area (Å²) < 4.78 is 4.61. The standard InChI is InChI=1S/C9H12BrN5/c1-6-4-15(13-9(6)11)5-8-7(10)3-12-14(8)2/h3-4H,5H2,1-2H3,(H2,11,13). The molecule has 0 aromatic carbocycles. The quantitative estimate of drug-likeness (QED) is 0.895. The Morgan fingerprint density at radius 2 is 2.27 bits per heavy atom. The third-order valence-electron chi connectivity index (χ3n) is 2.31. The summed E-state index contributed by atoms with van der Waals surface area (Å²) in [5.41, 5.74) is 7.74. The van der Waals surface area contributed by atoms with E-state index in [1.54, 1.807) is 6.20 Å². The summed E-state index contributed by atoms with van der Waals surface area (Å²) in [6.07, 6.45) is 3.70. The second kappa shape index (κ2) is 3.69. The predicted molar refractivity (Wildman–Crippen MR) is 61.4 cm³/mol. The van der Waals surface area contributed by atoms with Gasteiger partial charge in [-0.05, 0) is 22.9 Å². The SMILES string of the molecule is Cc1cn(Cc2c(Br)cnn2C)nc1N. The van der Waals surface area contributed by atoms with Crippen molar-refractivity contribution >= 4 is 21.7 Å². The molecular formula is C9H12BrN5. The lowest BCUT2D eigenvalue weighted by atomic mass is 10.4. The van der Waals surface area contributed by atoms with Gasteiger partial charge in [-0.15, -0.1) is 0 Å². The van der Waals surface area contributed by atoms with E-state index >= 15 is 0 Å². The Morgan fingerprint density at radius 1 is 1.53 bits per heavy atom. The number of hydrogen-bond donors (Lipinski definition) is 1. The van der Waals surface area contributed by atoms with Gasteiger partial charge in [0.2, 0.25) is 0 Å². The summed E-state index contributed by atoms with van der Waals surface area (Å²) in [5, 5.41) is 8.34. The van der Waals surface area contributed by atoms with Crippen molar-refractivity contribution in [3.63, 3.8) is 0 Å². The van der Waals surface area contributed by atoms with E-state index in [0.717, 1.165) is 15.7 Å². The molecule has 5 nitrogen and oxygen atoms in total. The Labute approximate surface area is 96.0 Å². The molecule has 6 heteroatoms. The first-order valence-electron chi connectivity index (χ1n) is 4.54. The highest BCUT2D eigenvalue weighted by atomic mass is 79.9. The highest BCUT2D eigenvalue weighted by Crippen LogP contribution is 2.17. The molecule has 80 valence electrons. The van der Waals surface area contributed by atoms with E-state index in [0.29, 0.717) is 12.4 Å². The Hall–Kier alpha value is -1.30. The van der Waals surface area contributed by atoms with E-state index in [1.165, 1.54) is 0 Å². The van der Waals surface area contributed by atoms with Crippen LogP contribution in [0.4, 0.5) is 5.82 Å². The zero-order valence-electron chi connectivity index (χ0n) is 8.61. The minimum atomic E-state index is 0.577. The van der Waals surface area contributed by atoms with Gasteiger partial charge in [0.15, 0.2) is 0 Å². The summed E-state index contributed by atoms with van der Waals surface area (Å²) >= 11 is 3.44. The van der Waals surface area contributed by atoms with Gasteiger partial charge in [-0.25, -0.2) is 0 Å². The van der Waals surface area contributed by atoms with Gasteiger partial charge in [-0.3, -0.25) is 9.36 Å². The van der Waals surface area contributed by atoms with Crippen LogP contribution < -0.4 is 5.73 Å². The molecule has 0 amide bonds. The van der Waals surface area contributed by atoms with Crippen molar-refractivity contribution < 1.29 is 0 Å². The molecule has 15 heavy (non-hydrogen) atoms. The summed E-state index contributed by atoms with van der Waals surface area (Å²) in [7, 11) is 1.90. The van der Waals surface area contributed by atoms with Crippen molar-refractivity contribution in [3.8, 4) is 0 Å². The molecule has 0 atom stereocenters. The van der Waals surface area contributed by atoms with E-state index in [-0.39, 0.29) is 0 Å². The Balaban J connectivity index is 2.29. The fourth-order valence-electron chi connectivity index (χ4n) is 1.38. The fraction of sp³-hybridized carbons (Fsp3) is 0.333. The Kier molecular flexibility index (Phi) is 2.52. The largest absolute Gasteiger partial charge is 0.382 e. The molecule has 2 heterocycles. The zero-order chi connectivity index (χ0) is 11.0. The molecule has 2 rings (SSSR count). The molecule has 0 aliphatic rings. The number of nitrogen functional groups attached to an aromatic ring is 1. The number of halogens is 1. The smallest absolute Gasteiger partial charge is 0.148 e. The fourth-order valence-corrected chi connectivity index (χ4v) is 1.86. The normalized spacial score (nSPS) is 10.9. The number of aryl methyl sites for hydroxylation is 2. The zero-order valence-corrected chi connectivity index (χ0v) is 10.2. The molecule has 0 bridgehead atoms. The van der Waals surface area contributed by atoms with Crippen molar-refractivity contribution in [3.05, 3.63) is 28.1 Å². The molecule has 0 saturated carbocycles. The Bertz CT molecular complexity index is 446. The molecule has 0 fully saturated rings. The summed E-state index contributed by atoms with van der Waals surface area (Å²) in [5.74, 6) is 0.577. The number of aromatic nitrogens is 4. The highest BCUT2D eigenvalue weighted by Gasteiger charge is 2.08. The first kappa shape index (κ1) is 10.2. The van der Waals surface area contributed by atoms with Crippen LogP contribution in [0.2, 0.25) is 0 Å². The van der Waals surface area contributed by atoms with Crippen LogP contribution in [0.1, 0.15) is 11.3 Å². The molecule has 0 aliphatic heterocycles. The lowest BCUT2D eigenvalue weighted by Crippen LogP contribution is -2.06. The van der Waals surface area contributed by atoms with E-state index in [1.807, 2.05) is 29.5 Å². The lowest BCUT2D eigenvalue weighted by molar-refractivity contribution is 0.620. The van der Waals surface area contributed by atoms with Gasteiger partial charge in [0.1, 0.15) is 5.82 Å². The maximum absolute atomic E-state index is 5.68. The first-order valence-corrected chi connectivity index (χ1v) is 5.33. The number of rotatable bonds is 2.